The molecule has 1 aromatic heterocycles. The molecule has 2 aliphatic rings. The first-order valence-corrected chi connectivity index (χ1v) is 8.61. The number of rotatable bonds is 5. The van der Waals surface area contributed by atoms with Crippen LogP contribution in [-0.2, 0) is 16.9 Å². The zero-order valence-electron chi connectivity index (χ0n) is 14.3. The number of aromatic nitrogens is 2. The lowest BCUT2D eigenvalue weighted by Crippen LogP contribution is -2.44. The zero-order valence-corrected chi connectivity index (χ0v) is 14.3. The van der Waals surface area contributed by atoms with Gasteiger partial charge in [0.05, 0.1) is 18.6 Å². The maximum absolute atomic E-state index is 12.3. The molecule has 0 radical (unpaired) electrons. The van der Waals surface area contributed by atoms with Gasteiger partial charge >= 0.3 is 0 Å². The normalized spacial score (nSPS) is 22.1. The summed E-state index contributed by atoms with van der Waals surface area (Å²) in [6.45, 7) is 1.16. The quantitative estimate of drug-likeness (QED) is 0.892. The molecule has 25 heavy (non-hydrogen) atoms. The number of benzene rings is 1. The van der Waals surface area contributed by atoms with Crippen LogP contribution in [0.2, 0.25) is 0 Å². The Morgan fingerprint density at radius 2 is 2.12 bits per heavy atom. The molecule has 0 spiro atoms. The van der Waals surface area contributed by atoms with E-state index in [9.17, 15) is 4.79 Å². The summed E-state index contributed by atoms with van der Waals surface area (Å²) in [5, 5.41) is 4.05. The molecule has 1 aliphatic heterocycles. The van der Waals surface area contributed by atoms with Gasteiger partial charge in [-0.2, -0.15) is 4.98 Å². The number of methoxy groups -OCH3 is 1. The van der Waals surface area contributed by atoms with Crippen molar-refractivity contribution in [2.24, 2.45) is 5.73 Å². The summed E-state index contributed by atoms with van der Waals surface area (Å²) in [4.78, 5) is 18.7. The minimum atomic E-state index is -0.437. The van der Waals surface area contributed by atoms with E-state index in [4.69, 9.17) is 15.0 Å². The summed E-state index contributed by atoms with van der Waals surface area (Å²) in [6.07, 6.45) is 3.27. The Bertz CT molecular complexity index is 767. The van der Waals surface area contributed by atoms with Crippen LogP contribution in [-0.4, -0.2) is 34.6 Å². The van der Waals surface area contributed by atoms with Gasteiger partial charge in [0.15, 0.2) is 5.82 Å². The molecule has 7 nitrogen and oxygen atoms in total. The number of carbonyl (C=O) groups excluding carboxylic acids is 1. The summed E-state index contributed by atoms with van der Waals surface area (Å²) in [5.74, 6) is 1.95. The van der Waals surface area contributed by atoms with Crippen LogP contribution in [0.1, 0.15) is 48.9 Å². The number of ether oxygens (including phenoxy) is 1. The van der Waals surface area contributed by atoms with Crippen molar-refractivity contribution >= 4 is 5.91 Å². The SMILES string of the molecule is COc1ccc(CN2CC(c3nc(C4(N)CCC4)no3)CC2=O)cc1. The Morgan fingerprint density at radius 3 is 2.76 bits per heavy atom. The van der Waals surface area contributed by atoms with E-state index in [0.717, 1.165) is 30.6 Å². The van der Waals surface area contributed by atoms with Crippen molar-refractivity contribution in [3.05, 3.63) is 41.5 Å². The number of carbonyl (C=O) groups is 1. The largest absolute Gasteiger partial charge is 0.497 e. The lowest BCUT2D eigenvalue weighted by Gasteiger charge is -2.34. The Kier molecular flexibility index (Phi) is 3.95. The van der Waals surface area contributed by atoms with Gasteiger partial charge in [-0.05, 0) is 37.0 Å². The maximum atomic E-state index is 12.3. The monoisotopic (exact) mass is 342 g/mol. The topological polar surface area (TPSA) is 94.5 Å². The molecule has 4 rings (SSSR count). The van der Waals surface area contributed by atoms with Crippen molar-refractivity contribution in [2.75, 3.05) is 13.7 Å². The van der Waals surface area contributed by atoms with Gasteiger partial charge in [-0.25, -0.2) is 0 Å². The van der Waals surface area contributed by atoms with Crippen LogP contribution in [0, 0.1) is 0 Å². The number of hydrogen-bond acceptors (Lipinski definition) is 6. The van der Waals surface area contributed by atoms with E-state index in [1.54, 1.807) is 7.11 Å². The number of nitrogens with zero attached hydrogens (tertiary/aromatic N) is 3. The van der Waals surface area contributed by atoms with E-state index < -0.39 is 5.54 Å². The fourth-order valence-corrected chi connectivity index (χ4v) is 3.43. The van der Waals surface area contributed by atoms with E-state index in [1.165, 1.54) is 0 Å². The zero-order chi connectivity index (χ0) is 17.4. The second kappa shape index (κ2) is 6.15. The Hall–Kier alpha value is -2.41. The van der Waals surface area contributed by atoms with Crippen molar-refractivity contribution in [3.8, 4) is 5.75 Å². The highest BCUT2D eigenvalue weighted by molar-refractivity contribution is 5.79. The lowest BCUT2D eigenvalue weighted by atomic mass is 9.77. The predicted molar refractivity (Wildman–Crippen MR) is 89.8 cm³/mol. The number of likely N-dealkylation sites (tertiary alicyclic amines) is 1. The molecule has 2 N–H and O–H groups in total. The molecule has 2 heterocycles. The standard InChI is InChI=1S/C18H22N4O3/c1-24-14-5-3-12(4-6-14)10-22-11-13(9-15(22)23)16-20-17(21-25-16)18(19)7-2-8-18/h3-6,13H,2,7-11,19H2,1H3. The first-order valence-electron chi connectivity index (χ1n) is 8.61. The third kappa shape index (κ3) is 3.00. The van der Waals surface area contributed by atoms with Gasteiger partial charge in [0, 0.05) is 19.5 Å². The van der Waals surface area contributed by atoms with E-state index in [0.29, 0.717) is 31.2 Å². The minimum absolute atomic E-state index is 0.0596. The molecule has 1 aromatic carbocycles. The molecule has 1 unspecified atom stereocenters. The van der Waals surface area contributed by atoms with Crippen LogP contribution in [0.25, 0.3) is 0 Å². The fourth-order valence-electron chi connectivity index (χ4n) is 3.43. The molecule has 132 valence electrons. The average Bonchev–Trinajstić information content (AvgIpc) is 3.21. The van der Waals surface area contributed by atoms with Crippen molar-refractivity contribution in [1.29, 1.82) is 0 Å². The van der Waals surface area contributed by atoms with E-state index >= 15 is 0 Å². The van der Waals surface area contributed by atoms with Gasteiger partial charge in [-0.15, -0.1) is 0 Å². The molecule has 2 fully saturated rings. The average molecular weight is 342 g/mol. The van der Waals surface area contributed by atoms with Crippen molar-refractivity contribution < 1.29 is 14.1 Å². The van der Waals surface area contributed by atoms with Gasteiger partial charge in [-0.3, -0.25) is 4.79 Å². The van der Waals surface area contributed by atoms with Crippen LogP contribution in [0.3, 0.4) is 0 Å². The van der Waals surface area contributed by atoms with Crippen molar-refractivity contribution in [1.82, 2.24) is 15.0 Å². The molecule has 0 bridgehead atoms. The van der Waals surface area contributed by atoms with Crippen LogP contribution >= 0.6 is 0 Å². The Balaban J connectivity index is 1.43. The second-order valence-electron chi connectivity index (χ2n) is 6.99. The van der Waals surface area contributed by atoms with Gasteiger partial charge in [0.25, 0.3) is 0 Å². The molecule has 1 atom stereocenters. The molecule has 1 saturated carbocycles. The van der Waals surface area contributed by atoms with Crippen molar-refractivity contribution in [3.63, 3.8) is 0 Å². The van der Waals surface area contributed by atoms with Gasteiger partial charge in [0.2, 0.25) is 11.8 Å². The molecule has 1 aliphatic carbocycles. The van der Waals surface area contributed by atoms with Crippen LogP contribution in [0.15, 0.2) is 28.8 Å². The molecule has 1 amide bonds. The lowest BCUT2D eigenvalue weighted by molar-refractivity contribution is -0.128. The molecule has 7 heteroatoms. The minimum Gasteiger partial charge on any atom is -0.497 e. The summed E-state index contributed by atoms with van der Waals surface area (Å²) in [6, 6.07) is 7.74. The predicted octanol–water partition coefficient (Wildman–Crippen LogP) is 1.93. The third-order valence-electron chi connectivity index (χ3n) is 5.23. The van der Waals surface area contributed by atoms with E-state index in [-0.39, 0.29) is 11.8 Å². The Labute approximate surface area is 146 Å². The molecule has 2 aromatic rings. The highest BCUT2D eigenvalue weighted by atomic mass is 16.5. The second-order valence-corrected chi connectivity index (χ2v) is 6.99. The van der Waals surface area contributed by atoms with Crippen LogP contribution < -0.4 is 10.5 Å². The number of nitrogens with two attached hydrogens (primary N) is 1. The Morgan fingerprint density at radius 1 is 1.36 bits per heavy atom. The maximum Gasteiger partial charge on any atom is 0.232 e. The summed E-state index contributed by atoms with van der Waals surface area (Å²) >= 11 is 0. The first-order chi connectivity index (χ1) is 12.1. The number of amides is 1. The van der Waals surface area contributed by atoms with Gasteiger partial charge < -0.3 is 19.9 Å². The third-order valence-corrected chi connectivity index (χ3v) is 5.23. The summed E-state index contributed by atoms with van der Waals surface area (Å²) < 4.78 is 10.6. The molecular weight excluding hydrogens is 320 g/mol. The molecular formula is C18H22N4O3. The molecule has 1 saturated heterocycles. The first kappa shape index (κ1) is 16.1. The van der Waals surface area contributed by atoms with Gasteiger partial charge in [-0.1, -0.05) is 17.3 Å². The van der Waals surface area contributed by atoms with E-state index in [2.05, 4.69) is 10.1 Å². The smallest absolute Gasteiger partial charge is 0.232 e. The summed E-state index contributed by atoms with van der Waals surface area (Å²) in [5.41, 5.74) is 6.87. The highest BCUT2D eigenvalue weighted by Gasteiger charge is 2.41. The van der Waals surface area contributed by atoms with Crippen LogP contribution in [0.4, 0.5) is 0 Å². The summed E-state index contributed by atoms with van der Waals surface area (Å²) in [7, 11) is 1.64. The van der Waals surface area contributed by atoms with E-state index in [1.807, 2.05) is 29.2 Å². The fraction of sp³-hybridized carbons (Fsp3) is 0.500. The van der Waals surface area contributed by atoms with Crippen LogP contribution in [0.5, 0.6) is 5.75 Å². The highest BCUT2D eigenvalue weighted by Crippen LogP contribution is 2.38. The van der Waals surface area contributed by atoms with Crippen molar-refractivity contribution in [2.45, 2.75) is 43.7 Å². The van der Waals surface area contributed by atoms with Gasteiger partial charge in [0.1, 0.15) is 5.75 Å². The number of hydrogen-bond donors (Lipinski definition) is 1.